The molecule has 0 amide bonds. The van der Waals surface area contributed by atoms with Gasteiger partial charge >= 0.3 is 5.97 Å². The van der Waals surface area contributed by atoms with E-state index in [4.69, 9.17) is 5.11 Å². The minimum Gasteiger partial charge on any atom is -0.481 e. The lowest BCUT2D eigenvalue weighted by Crippen LogP contribution is -2.40. The van der Waals surface area contributed by atoms with Crippen molar-refractivity contribution in [1.82, 2.24) is 0 Å². The van der Waals surface area contributed by atoms with Crippen molar-refractivity contribution in [2.75, 3.05) is 11.4 Å². The molecule has 94 valence electrons. The molecule has 1 aromatic rings. The third-order valence-corrected chi connectivity index (χ3v) is 3.13. The van der Waals surface area contributed by atoms with Crippen molar-refractivity contribution in [2.24, 2.45) is 0 Å². The Morgan fingerprint density at radius 1 is 1.29 bits per heavy atom. The monoisotopic (exact) mass is 255 g/mol. The SMILES string of the molecule is Cl.O=C(O)CC1CCCCN1c1ccccc1. The molecule has 1 atom stereocenters. The van der Waals surface area contributed by atoms with Crippen molar-refractivity contribution < 1.29 is 9.90 Å². The average Bonchev–Trinajstić information content (AvgIpc) is 2.30. The van der Waals surface area contributed by atoms with Crippen LogP contribution >= 0.6 is 12.4 Å². The lowest BCUT2D eigenvalue weighted by molar-refractivity contribution is -0.137. The second-order valence-electron chi connectivity index (χ2n) is 4.28. The van der Waals surface area contributed by atoms with Gasteiger partial charge in [0.05, 0.1) is 6.42 Å². The number of rotatable bonds is 3. The molecule has 1 aliphatic heterocycles. The van der Waals surface area contributed by atoms with Crippen LogP contribution in [0.1, 0.15) is 25.7 Å². The second-order valence-corrected chi connectivity index (χ2v) is 4.28. The van der Waals surface area contributed by atoms with Crippen LogP contribution in [-0.4, -0.2) is 23.7 Å². The molecule has 1 aromatic carbocycles. The Hall–Kier alpha value is -1.22. The van der Waals surface area contributed by atoms with Crippen molar-refractivity contribution in [2.45, 2.75) is 31.7 Å². The highest BCUT2D eigenvalue weighted by Crippen LogP contribution is 2.26. The summed E-state index contributed by atoms with van der Waals surface area (Å²) >= 11 is 0. The largest absolute Gasteiger partial charge is 0.481 e. The van der Waals surface area contributed by atoms with Crippen LogP contribution in [0.2, 0.25) is 0 Å². The average molecular weight is 256 g/mol. The standard InChI is InChI=1S/C13H17NO2.ClH/c15-13(16)10-12-8-4-5-9-14(12)11-6-2-1-3-7-11;/h1-3,6-7,12H,4-5,8-10H2,(H,15,16);1H. The van der Waals surface area contributed by atoms with Crippen molar-refractivity contribution in [3.8, 4) is 0 Å². The van der Waals surface area contributed by atoms with Gasteiger partial charge in [0, 0.05) is 18.3 Å². The molecule has 2 rings (SSSR count). The molecule has 1 heterocycles. The number of hydrogen-bond donors (Lipinski definition) is 1. The number of aliphatic carboxylic acids is 1. The van der Waals surface area contributed by atoms with Gasteiger partial charge in [-0.25, -0.2) is 0 Å². The van der Waals surface area contributed by atoms with E-state index in [2.05, 4.69) is 17.0 Å². The Kier molecular flexibility index (Phi) is 5.29. The number of piperidine rings is 1. The summed E-state index contributed by atoms with van der Waals surface area (Å²) in [5, 5.41) is 8.90. The number of carboxylic acid groups (broad SMARTS) is 1. The summed E-state index contributed by atoms with van der Waals surface area (Å²) in [6.45, 7) is 0.974. The van der Waals surface area contributed by atoms with Gasteiger partial charge in [-0.05, 0) is 31.4 Å². The highest BCUT2D eigenvalue weighted by molar-refractivity contribution is 5.85. The molecule has 3 nitrogen and oxygen atoms in total. The minimum atomic E-state index is -0.701. The molecule has 0 spiro atoms. The molecule has 0 radical (unpaired) electrons. The molecule has 0 aliphatic carbocycles. The van der Waals surface area contributed by atoms with Gasteiger partial charge in [0.25, 0.3) is 0 Å². The van der Waals surface area contributed by atoms with Crippen LogP contribution in [0.25, 0.3) is 0 Å². The summed E-state index contributed by atoms with van der Waals surface area (Å²) < 4.78 is 0. The predicted molar refractivity (Wildman–Crippen MR) is 70.9 cm³/mol. The number of hydrogen-bond acceptors (Lipinski definition) is 2. The Balaban J connectivity index is 0.00000144. The molecule has 1 N–H and O–H groups in total. The van der Waals surface area contributed by atoms with E-state index >= 15 is 0 Å². The van der Waals surface area contributed by atoms with Gasteiger partial charge in [0.1, 0.15) is 0 Å². The molecule has 17 heavy (non-hydrogen) atoms. The Labute approximate surface area is 108 Å². The zero-order valence-corrected chi connectivity index (χ0v) is 10.5. The van der Waals surface area contributed by atoms with Gasteiger partial charge in [-0.2, -0.15) is 0 Å². The normalized spacial score (nSPS) is 19.5. The first-order valence-corrected chi connectivity index (χ1v) is 5.81. The molecular formula is C13H18ClNO2. The Bertz CT molecular complexity index is 356. The first kappa shape index (κ1) is 13.8. The smallest absolute Gasteiger partial charge is 0.305 e. The maximum absolute atomic E-state index is 10.8. The van der Waals surface area contributed by atoms with Crippen molar-refractivity contribution >= 4 is 24.1 Å². The zero-order chi connectivity index (χ0) is 11.4. The quantitative estimate of drug-likeness (QED) is 0.903. The number of anilines is 1. The van der Waals surface area contributed by atoms with Crippen LogP contribution in [0.5, 0.6) is 0 Å². The van der Waals surface area contributed by atoms with Crippen LogP contribution in [0.15, 0.2) is 30.3 Å². The number of benzene rings is 1. The lowest BCUT2D eigenvalue weighted by Gasteiger charge is -2.36. The molecule has 0 bridgehead atoms. The molecule has 1 fully saturated rings. The third kappa shape index (κ3) is 3.63. The third-order valence-electron chi connectivity index (χ3n) is 3.13. The molecule has 4 heteroatoms. The zero-order valence-electron chi connectivity index (χ0n) is 9.71. The maximum atomic E-state index is 10.8. The van der Waals surface area contributed by atoms with Crippen molar-refractivity contribution in [1.29, 1.82) is 0 Å². The second kappa shape index (κ2) is 6.50. The molecule has 1 unspecified atom stereocenters. The summed E-state index contributed by atoms with van der Waals surface area (Å²) in [5.41, 5.74) is 1.15. The molecule has 1 saturated heterocycles. The van der Waals surface area contributed by atoms with Gasteiger partial charge < -0.3 is 10.0 Å². The number of carbonyl (C=O) groups is 1. The van der Waals surface area contributed by atoms with Crippen LogP contribution in [0.4, 0.5) is 5.69 Å². The summed E-state index contributed by atoms with van der Waals surface area (Å²) in [6.07, 6.45) is 3.53. The van der Waals surface area contributed by atoms with E-state index in [1.165, 1.54) is 0 Å². The summed E-state index contributed by atoms with van der Waals surface area (Å²) in [5.74, 6) is -0.701. The number of para-hydroxylation sites is 1. The van der Waals surface area contributed by atoms with Crippen LogP contribution in [0.3, 0.4) is 0 Å². The fraction of sp³-hybridized carbons (Fsp3) is 0.462. The van der Waals surface area contributed by atoms with Gasteiger partial charge in [-0.15, -0.1) is 12.4 Å². The van der Waals surface area contributed by atoms with Crippen molar-refractivity contribution in [3.05, 3.63) is 30.3 Å². The lowest BCUT2D eigenvalue weighted by atomic mass is 9.98. The van der Waals surface area contributed by atoms with Gasteiger partial charge in [-0.1, -0.05) is 18.2 Å². The highest BCUT2D eigenvalue weighted by Gasteiger charge is 2.24. The Morgan fingerprint density at radius 3 is 2.65 bits per heavy atom. The van der Waals surface area contributed by atoms with E-state index in [-0.39, 0.29) is 24.9 Å². The minimum absolute atomic E-state index is 0. The number of carboxylic acids is 1. The van der Waals surface area contributed by atoms with Crippen LogP contribution < -0.4 is 4.90 Å². The number of nitrogens with zero attached hydrogens (tertiary/aromatic N) is 1. The first-order chi connectivity index (χ1) is 7.77. The van der Waals surface area contributed by atoms with Crippen LogP contribution in [0, 0.1) is 0 Å². The predicted octanol–water partition coefficient (Wildman–Crippen LogP) is 2.94. The van der Waals surface area contributed by atoms with E-state index in [1.54, 1.807) is 0 Å². The molecule has 0 aromatic heterocycles. The van der Waals surface area contributed by atoms with Crippen LogP contribution in [-0.2, 0) is 4.79 Å². The molecule has 0 saturated carbocycles. The van der Waals surface area contributed by atoms with E-state index in [0.29, 0.717) is 0 Å². The highest BCUT2D eigenvalue weighted by atomic mass is 35.5. The fourth-order valence-electron chi connectivity index (χ4n) is 2.37. The van der Waals surface area contributed by atoms with E-state index in [9.17, 15) is 4.79 Å². The van der Waals surface area contributed by atoms with E-state index in [0.717, 1.165) is 31.5 Å². The number of halogens is 1. The summed E-state index contributed by atoms with van der Waals surface area (Å²) in [7, 11) is 0. The van der Waals surface area contributed by atoms with Gasteiger partial charge in [-0.3, -0.25) is 4.79 Å². The first-order valence-electron chi connectivity index (χ1n) is 5.81. The van der Waals surface area contributed by atoms with Crippen molar-refractivity contribution in [3.63, 3.8) is 0 Å². The molecular weight excluding hydrogens is 238 g/mol. The fourth-order valence-corrected chi connectivity index (χ4v) is 2.37. The Morgan fingerprint density at radius 2 is 2.00 bits per heavy atom. The summed E-state index contributed by atoms with van der Waals surface area (Å²) in [4.78, 5) is 13.1. The van der Waals surface area contributed by atoms with Gasteiger partial charge in [0.15, 0.2) is 0 Å². The maximum Gasteiger partial charge on any atom is 0.305 e. The van der Waals surface area contributed by atoms with E-state index < -0.39 is 5.97 Å². The summed E-state index contributed by atoms with van der Waals surface area (Å²) in [6, 6.07) is 10.3. The van der Waals surface area contributed by atoms with Gasteiger partial charge in [0.2, 0.25) is 0 Å². The topological polar surface area (TPSA) is 40.5 Å². The molecule has 1 aliphatic rings. The van der Waals surface area contributed by atoms with E-state index in [1.807, 2.05) is 18.2 Å².